The summed E-state index contributed by atoms with van der Waals surface area (Å²) < 4.78 is 34.2. The molecule has 1 aliphatic heterocycles. The van der Waals surface area contributed by atoms with Crippen LogP contribution in [0.5, 0.6) is 5.75 Å². The molecule has 0 unspecified atom stereocenters. The van der Waals surface area contributed by atoms with E-state index >= 15 is 0 Å². The number of thioether (sulfide) groups is 1. The summed E-state index contributed by atoms with van der Waals surface area (Å²) in [5, 5.41) is 3.18. The van der Waals surface area contributed by atoms with Crippen molar-refractivity contribution in [1.29, 1.82) is 0 Å². The first kappa shape index (κ1) is 19.0. The van der Waals surface area contributed by atoms with Gasteiger partial charge in [-0.2, -0.15) is 0 Å². The van der Waals surface area contributed by atoms with Crippen LogP contribution in [0.2, 0.25) is 0 Å². The predicted molar refractivity (Wildman–Crippen MR) is 112 cm³/mol. The summed E-state index contributed by atoms with van der Waals surface area (Å²) in [4.78, 5) is 17.2. The van der Waals surface area contributed by atoms with Crippen LogP contribution < -0.4 is 14.8 Å². The van der Waals surface area contributed by atoms with Gasteiger partial charge in [-0.25, -0.2) is 13.4 Å². The molecule has 0 radical (unpaired) electrons. The smallest absolute Gasteiger partial charge is 0.263 e. The molecule has 1 aliphatic rings. The van der Waals surface area contributed by atoms with E-state index in [1.165, 1.54) is 23.5 Å². The zero-order valence-corrected chi connectivity index (χ0v) is 17.5. The number of methoxy groups -OCH3 is 1. The van der Waals surface area contributed by atoms with Crippen LogP contribution in [0.1, 0.15) is 13.3 Å². The molecule has 0 aliphatic carbocycles. The molecule has 10 heteroatoms. The fourth-order valence-corrected chi connectivity index (χ4v) is 6.05. The van der Waals surface area contributed by atoms with Crippen molar-refractivity contribution in [2.75, 3.05) is 17.1 Å². The fourth-order valence-electron chi connectivity index (χ4n) is 2.85. The number of hydrogen-bond donors (Lipinski definition) is 2. The first-order valence-corrected chi connectivity index (χ1v) is 11.6. The highest BCUT2D eigenvalue weighted by Gasteiger charge is 2.23. The Morgan fingerprint density at radius 3 is 2.86 bits per heavy atom. The molecule has 2 N–H and O–H groups in total. The minimum atomic E-state index is -3.85. The minimum Gasteiger partial charge on any atom is -0.497 e. The number of carbonyl (C=O) groups excluding carboxylic acids is 1. The van der Waals surface area contributed by atoms with Gasteiger partial charge in [0.1, 0.15) is 5.75 Å². The summed E-state index contributed by atoms with van der Waals surface area (Å²) in [6.07, 6.45) is 0.384. The third-order valence-corrected chi connectivity index (χ3v) is 7.73. The van der Waals surface area contributed by atoms with Crippen molar-refractivity contribution in [3.63, 3.8) is 0 Å². The van der Waals surface area contributed by atoms with Gasteiger partial charge in [0.15, 0.2) is 5.13 Å². The van der Waals surface area contributed by atoms with Crippen molar-refractivity contribution >= 4 is 60.1 Å². The maximum absolute atomic E-state index is 12.8. The number of amides is 1. The van der Waals surface area contributed by atoms with Gasteiger partial charge in [-0.15, -0.1) is 11.8 Å². The van der Waals surface area contributed by atoms with E-state index in [1.54, 1.807) is 43.1 Å². The molecule has 2 heterocycles. The standard InChI is InChI=1S/C18H17N3O4S3/c1-10-7-17(22)19-14-9-12(4-6-15(14)26-10)28(23,24)21-18-20-13-5-3-11(25-2)8-16(13)27-18/h3-6,8-10H,7H2,1-2H3,(H,19,22)(H,20,21)/t10-/m1/s1. The van der Waals surface area contributed by atoms with Gasteiger partial charge in [0.05, 0.1) is 27.9 Å². The highest BCUT2D eigenvalue weighted by atomic mass is 32.2. The lowest BCUT2D eigenvalue weighted by molar-refractivity contribution is -0.116. The second kappa shape index (κ2) is 7.26. The van der Waals surface area contributed by atoms with E-state index in [4.69, 9.17) is 4.74 Å². The predicted octanol–water partition coefficient (Wildman–Crippen LogP) is 3.93. The van der Waals surface area contributed by atoms with Crippen LogP contribution in [0.15, 0.2) is 46.2 Å². The van der Waals surface area contributed by atoms with Gasteiger partial charge in [0, 0.05) is 16.6 Å². The topological polar surface area (TPSA) is 97.4 Å². The third kappa shape index (κ3) is 3.80. The number of aromatic nitrogens is 1. The van der Waals surface area contributed by atoms with Crippen LogP contribution in [-0.2, 0) is 14.8 Å². The SMILES string of the molecule is COc1ccc2nc(NS(=O)(=O)c3ccc4c(c3)NC(=O)C[C@@H](C)S4)sc2c1. The molecule has 1 amide bonds. The van der Waals surface area contributed by atoms with E-state index in [-0.39, 0.29) is 21.2 Å². The number of anilines is 2. The first-order valence-electron chi connectivity index (χ1n) is 8.42. The second-order valence-corrected chi connectivity index (χ2v) is 10.5. The number of hydrogen-bond acceptors (Lipinski definition) is 7. The number of fused-ring (bicyclic) bond motifs is 2. The molecule has 0 fully saturated rings. The maximum Gasteiger partial charge on any atom is 0.263 e. The molecule has 4 rings (SSSR count). The number of rotatable bonds is 4. The molecule has 0 bridgehead atoms. The van der Waals surface area contributed by atoms with Crippen LogP contribution in [0, 0.1) is 0 Å². The van der Waals surface area contributed by atoms with Crippen molar-refractivity contribution in [1.82, 2.24) is 4.98 Å². The maximum atomic E-state index is 12.8. The lowest BCUT2D eigenvalue weighted by Crippen LogP contribution is -2.15. The molecule has 2 aromatic carbocycles. The Bertz CT molecular complexity index is 1170. The number of nitrogens with one attached hydrogen (secondary N) is 2. The Morgan fingerprint density at radius 1 is 1.25 bits per heavy atom. The lowest BCUT2D eigenvalue weighted by atomic mass is 10.3. The molecular formula is C18H17N3O4S3. The van der Waals surface area contributed by atoms with Crippen LogP contribution in [0.4, 0.5) is 10.8 Å². The van der Waals surface area contributed by atoms with Crippen molar-refractivity contribution < 1.29 is 17.9 Å². The van der Waals surface area contributed by atoms with E-state index in [2.05, 4.69) is 15.0 Å². The Hall–Kier alpha value is -2.30. The summed E-state index contributed by atoms with van der Waals surface area (Å²) in [5.74, 6) is 0.556. The van der Waals surface area contributed by atoms with Crippen LogP contribution >= 0.6 is 23.1 Å². The lowest BCUT2D eigenvalue weighted by Gasteiger charge is -2.10. The van der Waals surface area contributed by atoms with Crippen molar-refractivity contribution in [3.8, 4) is 5.75 Å². The molecule has 1 atom stereocenters. The largest absolute Gasteiger partial charge is 0.497 e. The normalized spacial score (nSPS) is 16.9. The Morgan fingerprint density at radius 2 is 2.07 bits per heavy atom. The molecule has 7 nitrogen and oxygen atoms in total. The molecule has 0 spiro atoms. The van der Waals surface area contributed by atoms with E-state index in [0.29, 0.717) is 23.4 Å². The number of carbonyl (C=O) groups is 1. The molecule has 1 aromatic heterocycles. The summed E-state index contributed by atoms with van der Waals surface area (Å²) in [6.45, 7) is 1.97. The Labute approximate surface area is 170 Å². The van der Waals surface area contributed by atoms with E-state index in [0.717, 1.165) is 9.60 Å². The minimum absolute atomic E-state index is 0.0681. The van der Waals surface area contributed by atoms with Gasteiger partial charge in [-0.05, 0) is 36.4 Å². The van der Waals surface area contributed by atoms with Gasteiger partial charge in [0.25, 0.3) is 10.0 Å². The second-order valence-electron chi connectivity index (χ2n) is 6.30. The summed E-state index contributed by atoms with van der Waals surface area (Å²) in [5.41, 5.74) is 1.19. The average Bonchev–Trinajstić information content (AvgIpc) is 2.95. The Kier molecular flexibility index (Phi) is 4.94. The fraction of sp³-hybridized carbons (Fsp3) is 0.222. The first-order chi connectivity index (χ1) is 13.3. The molecule has 0 saturated carbocycles. The average molecular weight is 436 g/mol. The summed E-state index contributed by atoms with van der Waals surface area (Å²) >= 11 is 2.77. The van der Waals surface area contributed by atoms with Gasteiger partial charge >= 0.3 is 0 Å². The Balaban J connectivity index is 1.64. The zero-order chi connectivity index (χ0) is 19.9. The van der Waals surface area contributed by atoms with Crippen molar-refractivity contribution in [2.24, 2.45) is 0 Å². The van der Waals surface area contributed by atoms with Crippen LogP contribution in [-0.4, -0.2) is 31.7 Å². The summed E-state index contributed by atoms with van der Waals surface area (Å²) in [7, 11) is -2.28. The van der Waals surface area contributed by atoms with E-state index < -0.39 is 10.0 Å². The van der Waals surface area contributed by atoms with Gasteiger partial charge in [-0.1, -0.05) is 18.3 Å². The molecule has 0 saturated heterocycles. The number of thiazole rings is 1. The number of benzene rings is 2. The highest BCUT2D eigenvalue weighted by molar-refractivity contribution is 8.00. The molecule has 146 valence electrons. The van der Waals surface area contributed by atoms with Gasteiger partial charge in [0.2, 0.25) is 5.91 Å². The molecule has 28 heavy (non-hydrogen) atoms. The number of nitrogens with zero attached hydrogens (tertiary/aromatic N) is 1. The molecule has 3 aromatic rings. The van der Waals surface area contributed by atoms with Crippen LogP contribution in [0.25, 0.3) is 10.2 Å². The van der Waals surface area contributed by atoms with Crippen LogP contribution in [0.3, 0.4) is 0 Å². The van der Waals surface area contributed by atoms with Crippen molar-refractivity contribution in [3.05, 3.63) is 36.4 Å². The third-order valence-electron chi connectivity index (χ3n) is 4.15. The molecular weight excluding hydrogens is 418 g/mol. The van der Waals surface area contributed by atoms with Crippen molar-refractivity contribution in [2.45, 2.75) is 28.4 Å². The van der Waals surface area contributed by atoms with E-state index in [1.807, 2.05) is 6.92 Å². The highest BCUT2D eigenvalue weighted by Crippen LogP contribution is 2.37. The van der Waals surface area contributed by atoms with Gasteiger partial charge in [-0.3, -0.25) is 9.52 Å². The monoisotopic (exact) mass is 435 g/mol. The number of ether oxygens (including phenoxy) is 1. The quantitative estimate of drug-likeness (QED) is 0.644. The van der Waals surface area contributed by atoms with Gasteiger partial charge < -0.3 is 10.1 Å². The van der Waals surface area contributed by atoms with E-state index in [9.17, 15) is 13.2 Å². The number of sulfonamides is 1. The zero-order valence-electron chi connectivity index (χ0n) is 15.1. The summed E-state index contributed by atoms with van der Waals surface area (Å²) in [6, 6.07) is 10.1.